The summed E-state index contributed by atoms with van der Waals surface area (Å²) in [6, 6.07) is 4.48. The highest BCUT2D eigenvalue weighted by Gasteiger charge is 2.26. The number of rotatable bonds is 4. The van der Waals surface area contributed by atoms with Crippen LogP contribution in [0.4, 0.5) is 11.4 Å². The van der Waals surface area contributed by atoms with E-state index < -0.39 is 10.9 Å². The van der Waals surface area contributed by atoms with Crippen LogP contribution in [0, 0.1) is 10.1 Å². The number of anilines is 1. The Kier molecular flexibility index (Phi) is 4.02. The Morgan fingerprint density at radius 1 is 1.30 bits per heavy atom. The average Bonchev–Trinajstić information content (AvgIpc) is 2.46. The van der Waals surface area contributed by atoms with Gasteiger partial charge in [-0.2, -0.15) is 0 Å². The van der Waals surface area contributed by atoms with Gasteiger partial charge < -0.3 is 10.0 Å². The Morgan fingerprint density at radius 2 is 1.95 bits per heavy atom. The fourth-order valence-corrected chi connectivity index (χ4v) is 2.49. The third kappa shape index (κ3) is 2.64. The third-order valence-electron chi connectivity index (χ3n) is 3.47. The summed E-state index contributed by atoms with van der Waals surface area (Å²) in [5.74, 6) is -1.16. The Balaban J connectivity index is 2.56. The highest BCUT2D eigenvalue weighted by Crippen LogP contribution is 2.37. The Morgan fingerprint density at radius 3 is 2.50 bits per heavy atom. The number of aliphatic carboxylic acids is 1. The number of nitrogens with zero attached hydrogens (tertiary/aromatic N) is 2. The van der Waals surface area contributed by atoms with Crippen LogP contribution < -0.4 is 4.90 Å². The van der Waals surface area contributed by atoms with Gasteiger partial charge in [0.15, 0.2) is 0 Å². The molecule has 1 N–H and O–H groups in total. The van der Waals surface area contributed by atoms with Crippen LogP contribution in [0.5, 0.6) is 0 Å². The lowest BCUT2D eigenvalue weighted by Gasteiger charge is -2.30. The van der Waals surface area contributed by atoms with E-state index in [2.05, 4.69) is 6.58 Å². The number of nitro benzene ring substituents is 1. The Hall–Kier alpha value is -2.37. The van der Waals surface area contributed by atoms with E-state index in [9.17, 15) is 14.9 Å². The van der Waals surface area contributed by atoms with Gasteiger partial charge in [0.25, 0.3) is 5.69 Å². The minimum Gasteiger partial charge on any atom is -0.478 e. The van der Waals surface area contributed by atoms with Crippen LogP contribution in [0.3, 0.4) is 0 Å². The molecule has 0 spiro atoms. The fraction of sp³-hybridized carbons (Fsp3) is 0.357. The smallest absolute Gasteiger partial charge is 0.335 e. The first-order chi connectivity index (χ1) is 9.52. The maximum Gasteiger partial charge on any atom is 0.335 e. The molecule has 0 saturated carbocycles. The minimum atomic E-state index is -1.16. The number of hydrogen-bond acceptors (Lipinski definition) is 4. The quantitative estimate of drug-likeness (QED) is 0.519. The van der Waals surface area contributed by atoms with Crippen molar-refractivity contribution in [1.29, 1.82) is 0 Å². The van der Waals surface area contributed by atoms with Gasteiger partial charge in [-0.05, 0) is 19.3 Å². The Labute approximate surface area is 116 Å². The van der Waals surface area contributed by atoms with Crippen molar-refractivity contribution in [2.45, 2.75) is 19.3 Å². The topological polar surface area (TPSA) is 83.7 Å². The molecule has 20 heavy (non-hydrogen) atoms. The monoisotopic (exact) mass is 276 g/mol. The molecule has 2 rings (SSSR count). The number of benzene rings is 1. The van der Waals surface area contributed by atoms with Crippen molar-refractivity contribution in [2.24, 2.45) is 0 Å². The van der Waals surface area contributed by atoms with Gasteiger partial charge in [0.1, 0.15) is 5.69 Å². The van der Waals surface area contributed by atoms with Gasteiger partial charge in [-0.25, -0.2) is 4.79 Å². The van der Waals surface area contributed by atoms with Gasteiger partial charge >= 0.3 is 5.97 Å². The average molecular weight is 276 g/mol. The highest BCUT2D eigenvalue weighted by atomic mass is 16.6. The summed E-state index contributed by atoms with van der Waals surface area (Å²) in [5.41, 5.74) is 0.527. The maximum absolute atomic E-state index is 11.2. The molecule has 106 valence electrons. The van der Waals surface area contributed by atoms with Gasteiger partial charge in [-0.3, -0.25) is 10.1 Å². The predicted molar refractivity (Wildman–Crippen MR) is 75.8 cm³/mol. The highest BCUT2D eigenvalue weighted by molar-refractivity contribution is 6.16. The molecule has 0 bridgehead atoms. The zero-order chi connectivity index (χ0) is 14.7. The summed E-state index contributed by atoms with van der Waals surface area (Å²) in [5, 5.41) is 20.3. The molecule has 1 fully saturated rings. The standard InChI is InChI=1S/C14H16N2O4/c1-10(14(17)18)11-6-5-7-12(16(19)20)13(11)15-8-3-2-4-9-15/h5-7H,1-4,8-9H2,(H,17,18). The summed E-state index contributed by atoms with van der Waals surface area (Å²) in [7, 11) is 0. The van der Waals surface area contributed by atoms with E-state index in [4.69, 9.17) is 5.11 Å². The lowest BCUT2D eigenvalue weighted by molar-refractivity contribution is -0.384. The van der Waals surface area contributed by atoms with Crippen molar-refractivity contribution in [1.82, 2.24) is 0 Å². The van der Waals surface area contributed by atoms with Crippen LogP contribution in [-0.2, 0) is 4.79 Å². The van der Waals surface area contributed by atoms with Crippen molar-refractivity contribution in [2.75, 3.05) is 18.0 Å². The fourth-order valence-electron chi connectivity index (χ4n) is 2.49. The van der Waals surface area contributed by atoms with E-state index in [1.165, 1.54) is 12.1 Å². The molecule has 0 radical (unpaired) electrons. The first-order valence-electron chi connectivity index (χ1n) is 6.47. The first-order valence-corrected chi connectivity index (χ1v) is 6.47. The number of carboxylic acid groups (broad SMARTS) is 1. The molecule has 0 aliphatic carbocycles. The van der Waals surface area contributed by atoms with Gasteiger partial charge in [0, 0.05) is 24.7 Å². The van der Waals surface area contributed by atoms with Crippen molar-refractivity contribution >= 4 is 22.9 Å². The molecule has 1 aliphatic rings. The molecule has 1 aromatic rings. The summed E-state index contributed by atoms with van der Waals surface area (Å²) in [6.45, 7) is 4.93. The number of carbonyl (C=O) groups is 1. The zero-order valence-electron chi connectivity index (χ0n) is 11.0. The number of carboxylic acids is 1. The van der Waals surface area contributed by atoms with Crippen LogP contribution in [0.15, 0.2) is 24.8 Å². The van der Waals surface area contributed by atoms with E-state index in [0.717, 1.165) is 19.3 Å². The third-order valence-corrected chi connectivity index (χ3v) is 3.47. The van der Waals surface area contributed by atoms with E-state index in [-0.39, 0.29) is 11.3 Å². The van der Waals surface area contributed by atoms with E-state index >= 15 is 0 Å². The molecule has 6 heteroatoms. The second-order valence-corrected chi connectivity index (χ2v) is 4.76. The molecule has 1 aliphatic heterocycles. The van der Waals surface area contributed by atoms with Crippen LogP contribution in [-0.4, -0.2) is 29.1 Å². The number of hydrogen-bond donors (Lipinski definition) is 1. The van der Waals surface area contributed by atoms with Gasteiger partial charge in [0.05, 0.1) is 10.5 Å². The maximum atomic E-state index is 11.2. The molecule has 0 atom stereocenters. The van der Waals surface area contributed by atoms with Crippen molar-refractivity contribution in [3.05, 3.63) is 40.5 Å². The molecule has 1 heterocycles. The van der Waals surface area contributed by atoms with Gasteiger partial charge in [-0.1, -0.05) is 18.7 Å². The summed E-state index contributed by atoms with van der Waals surface area (Å²) < 4.78 is 0. The van der Waals surface area contributed by atoms with Gasteiger partial charge in [0.2, 0.25) is 0 Å². The summed E-state index contributed by atoms with van der Waals surface area (Å²) in [4.78, 5) is 23.8. The van der Waals surface area contributed by atoms with Gasteiger partial charge in [-0.15, -0.1) is 0 Å². The number of piperidine rings is 1. The second-order valence-electron chi connectivity index (χ2n) is 4.76. The zero-order valence-corrected chi connectivity index (χ0v) is 11.0. The van der Waals surface area contributed by atoms with Crippen LogP contribution >= 0.6 is 0 Å². The van der Waals surface area contributed by atoms with Crippen LogP contribution in [0.2, 0.25) is 0 Å². The largest absolute Gasteiger partial charge is 0.478 e. The van der Waals surface area contributed by atoms with Crippen molar-refractivity contribution < 1.29 is 14.8 Å². The lowest BCUT2D eigenvalue weighted by atomic mass is 10.0. The minimum absolute atomic E-state index is 0.0631. The molecular weight excluding hydrogens is 260 g/mol. The van der Waals surface area contributed by atoms with Crippen LogP contribution in [0.1, 0.15) is 24.8 Å². The number of para-hydroxylation sites is 1. The number of nitro groups is 1. The van der Waals surface area contributed by atoms with Crippen LogP contribution in [0.25, 0.3) is 5.57 Å². The first kappa shape index (κ1) is 14.0. The lowest BCUT2D eigenvalue weighted by Crippen LogP contribution is -2.31. The summed E-state index contributed by atoms with van der Waals surface area (Å²) >= 11 is 0. The molecule has 1 saturated heterocycles. The van der Waals surface area contributed by atoms with E-state index in [1.807, 2.05) is 4.90 Å². The second kappa shape index (κ2) is 5.73. The molecule has 6 nitrogen and oxygen atoms in total. The van der Waals surface area contributed by atoms with E-state index in [1.54, 1.807) is 6.07 Å². The van der Waals surface area contributed by atoms with Crippen molar-refractivity contribution in [3.8, 4) is 0 Å². The normalized spacial score (nSPS) is 14.9. The Bertz CT molecular complexity index is 562. The van der Waals surface area contributed by atoms with E-state index in [0.29, 0.717) is 24.3 Å². The molecule has 0 amide bonds. The summed E-state index contributed by atoms with van der Waals surface area (Å²) in [6.07, 6.45) is 2.99. The SMILES string of the molecule is C=C(C(=O)O)c1cccc([N+](=O)[O-])c1N1CCCCC1. The molecule has 0 unspecified atom stereocenters. The molecule has 1 aromatic carbocycles. The van der Waals surface area contributed by atoms with Crippen molar-refractivity contribution in [3.63, 3.8) is 0 Å². The molecule has 0 aromatic heterocycles. The predicted octanol–water partition coefficient (Wildman–Crippen LogP) is 2.68. The molecular formula is C14H16N2O4.